The fraction of sp³-hybridized carbons (Fsp3) is 0.926. The van der Waals surface area contributed by atoms with E-state index in [4.69, 9.17) is 0 Å². The lowest BCUT2D eigenvalue weighted by atomic mass is 9.77. The summed E-state index contributed by atoms with van der Waals surface area (Å²) in [6.45, 7) is 32.1. The summed E-state index contributed by atoms with van der Waals surface area (Å²) in [6.07, 6.45) is 19.8. The second-order valence-corrected chi connectivity index (χ2v) is 26.7. The third-order valence-corrected chi connectivity index (χ3v) is 19.3. The number of hydrogen-bond donors (Lipinski definition) is 0. The highest BCUT2D eigenvalue weighted by Gasteiger charge is 2.65. The molecule has 8 heterocycles. The zero-order chi connectivity index (χ0) is 50.1. The summed E-state index contributed by atoms with van der Waals surface area (Å²) in [7, 11) is 6.61. The first kappa shape index (κ1) is 53.3. The topological polar surface area (TPSA) is 101 Å². The van der Waals surface area contributed by atoms with Gasteiger partial charge in [0.15, 0.2) is 12.3 Å². The zero-order valence-corrected chi connectivity index (χ0v) is 46.1. The molecule has 8 saturated heterocycles. The number of amides is 6. The molecule has 1 unspecified atom stereocenters. The van der Waals surface area contributed by atoms with Gasteiger partial charge in [-0.2, -0.15) is 0 Å². The highest BCUT2D eigenvalue weighted by atomic mass is 16.2. The molecule has 68 heavy (non-hydrogen) atoms. The number of nitrogens with zero attached hydrogens (tertiary/aromatic N) is 10. The van der Waals surface area contributed by atoms with Gasteiger partial charge >= 0.3 is 12.1 Å². The minimum atomic E-state index is -0.175. The van der Waals surface area contributed by atoms with Crippen molar-refractivity contribution in [3.05, 3.63) is 0 Å². The minimum Gasteiger partial charge on any atom is -0.296 e. The van der Waals surface area contributed by atoms with Crippen molar-refractivity contribution in [3.63, 3.8) is 0 Å². The lowest BCUT2D eigenvalue weighted by molar-refractivity contribution is -0.147. The Kier molecular flexibility index (Phi) is 15.3. The van der Waals surface area contributed by atoms with Gasteiger partial charge in [0.2, 0.25) is 11.8 Å². The summed E-state index contributed by atoms with van der Waals surface area (Å²) in [5.74, 6) is 0.104. The predicted molar refractivity (Wildman–Crippen MR) is 272 cm³/mol. The molecule has 14 heteroatoms. The molecule has 8 aliphatic rings. The van der Waals surface area contributed by atoms with Crippen molar-refractivity contribution in [3.8, 4) is 0 Å². The Morgan fingerprint density at radius 3 is 1.04 bits per heavy atom. The number of hydrogen-bond acceptors (Lipinski definition) is 9. The average molecular weight is 951 g/mol. The maximum absolute atomic E-state index is 13.9. The summed E-state index contributed by atoms with van der Waals surface area (Å²) < 4.78 is 0. The first-order chi connectivity index (χ1) is 31.5. The average Bonchev–Trinajstić information content (AvgIpc) is 3.82. The molecule has 0 saturated carbocycles. The molecule has 0 aliphatic carbocycles. The number of carbonyl (C=O) groups is 4. The van der Waals surface area contributed by atoms with Crippen molar-refractivity contribution in [2.45, 2.75) is 269 Å². The molecule has 0 radical (unpaired) electrons. The van der Waals surface area contributed by atoms with Crippen LogP contribution in [0, 0.1) is 5.92 Å². The predicted octanol–water partition coefficient (Wildman–Crippen LogP) is 9.20. The highest BCUT2D eigenvalue weighted by Crippen LogP contribution is 2.47. The Hall–Kier alpha value is -2.52. The van der Waals surface area contributed by atoms with Crippen LogP contribution in [0.4, 0.5) is 9.59 Å². The number of likely N-dealkylation sites (tertiary alicyclic amines) is 4. The molecular formula is C54H98N10O4. The summed E-state index contributed by atoms with van der Waals surface area (Å²) in [5.41, 5.74) is 0.180. The van der Waals surface area contributed by atoms with Crippen LogP contribution in [0.25, 0.3) is 0 Å². The number of piperidine rings is 3. The molecule has 0 aromatic carbocycles. The molecule has 8 fully saturated rings. The highest BCUT2D eigenvalue weighted by molar-refractivity contribution is 6.03. The maximum atomic E-state index is 13.9. The molecule has 0 N–H and O–H groups in total. The van der Waals surface area contributed by atoms with Crippen LogP contribution in [0.2, 0.25) is 0 Å². The summed E-state index contributed by atoms with van der Waals surface area (Å²) in [5, 5.41) is 0. The van der Waals surface area contributed by atoms with Crippen LogP contribution < -0.4 is 0 Å². The third-order valence-electron chi connectivity index (χ3n) is 19.3. The summed E-state index contributed by atoms with van der Waals surface area (Å²) in [6, 6.07) is 0.846. The second kappa shape index (κ2) is 19.5. The first-order valence-corrected chi connectivity index (χ1v) is 27.2. The monoisotopic (exact) mass is 951 g/mol. The Morgan fingerprint density at radius 2 is 0.721 bits per heavy atom. The standard InChI is InChI=1S/C28H50N8O2.C26H48N2O2/c1-25(2)11-19(12-26(3,4)29(25)9)31-15-33-21-22-35(23(33)37)17-32(18-36(22)24(38)34(21)16-31)20-13-27(5,6)30(10)28(7,8)14-20;1-7-8-9-10-11-12-13-14-15-16-17-21-18-23(29)28(24(21)30)22-19-25(2,3)27(6)26(4,5)20-22/h19-22H,11-18H2,1-10H3;21-22H,7-20H2,1-6H3. The lowest BCUT2D eigenvalue weighted by Gasteiger charge is -2.57. The van der Waals surface area contributed by atoms with Crippen molar-refractivity contribution in [1.82, 2.24) is 49.0 Å². The van der Waals surface area contributed by atoms with Crippen molar-refractivity contribution < 1.29 is 19.2 Å². The van der Waals surface area contributed by atoms with E-state index in [1.54, 1.807) is 4.90 Å². The molecule has 8 rings (SSSR count). The van der Waals surface area contributed by atoms with Gasteiger partial charge in [-0.15, -0.1) is 0 Å². The molecule has 388 valence electrons. The molecular weight excluding hydrogens is 853 g/mol. The third kappa shape index (κ3) is 10.3. The molecule has 8 aliphatic heterocycles. The summed E-state index contributed by atoms with van der Waals surface area (Å²) in [4.78, 5) is 75.5. The SMILES string of the molecule is CCCCCCCCCCCCC1CC(=O)N(C2CC(C)(C)N(C)C(C)(C)C2)C1=O.CN1C(C)(C)CC(N2CN3C(=O)N4CN(C5CC(C)(C)N(C)C(C)(C)C5)CN5C(=O)N(C2)C3C45)CC1(C)C. The van der Waals surface area contributed by atoms with Gasteiger partial charge in [-0.05, 0) is 149 Å². The Balaban J connectivity index is 0.000000208. The van der Waals surface area contributed by atoms with E-state index in [1.165, 1.54) is 57.8 Å². The number of imide groups is 1. The van der Waals surface area contributed by atoms with Crippen LogP contribution in [0.1, 0.15) is 206 Å². The zero-order valence-electron chi connectivity index (χ0n) is 46.1. The lowest BCUT2D eigenvalue weighted by Crippen LogP contribution is -2.68. The van der Waals surface area contributed by atoms with E-state index in [2.05, 4.69) is 136 Å². The van der Waals surface area contributed by atoms with Crippen LogP contribution in [0.3, 0.4) is 0 Å². The van der Waals surface area contributed by atoms with Gasteiger partial charge in [0.25, 0.3) is 0 Å². The van der Waals surface area contributed by atoms with Crippen molar-refractivity contribution in [1.29, 1.82) is 0 Å². The molecule has 14 nitrogen and oxygen atoms in total. The van der Waals surface area contributed by atoms with Gasteiger partial charge in [-0.1, -0.05) is 71.1 Å². The minimum absolute atomic E-state index is 0.0123. The molecule has 0 aromatic rings. The van der Waals surface area contributed by atoms with Crippen LogP contribution in [0.15, 0.2) is 0 Å². The van der Waals surface area contributed by atoms with Gasteiger partial charge in [-0.3, -0.25) is 58.6 Å². The van der Waals surface area contributed by atoms with E-state index >= 15 is 0 Å². The van der Waals surface area contributed by atoms with Gasteiger partial charge in [0, 0.05) is 63.7 Å². The fourth-order valence-electron chi connectivity index (χ4n) is 14.5. The van der Waals surface area contributed by atoms with Gasteiger partial charge < -0.3 is 0 Å². The number of carbonyl (C=O) groups excluding carboxylic acids is 4. The Bertz CT molecular complexity index is 1680. The smallest absolute Gasteiger partial charge is 0.296 e. The van der Waals surface area contributed by atoms with E-state index in [0.29, 0.717) is 45.2 Å². The van der Waals surface area contributed by atoms with E-state index in [0.717, 1.165) is 51.4 Å². The van der Waals surface area contributed by atoms with Gasteiger partial charge in [0.1, 0.15) is 0 Å². The molecule has 6 amide bonds. The van der Waals surface area contributed by atoms with Crippen LogP contribution >= 0.6 is 0 Å². The molecule has 1 atom stereocenters. The Morgan fingerprint density at radius 1 is 0.426 bits per heavy atom. The van der Waals surface area contributed by atoms with Crippen LogP contribution in [-0.2, 0) is 9.59 Å². The Labute approximate surface area is 413 Å². The van der Waals surface area contributed by atoms with Gasteiger partial charge in [-0.25, -0.2) is 9.59 Å². The van der Waals surface area contributed by atoms with Crippen LogP contribution in [-0.4, -0.2) is 184 Å². The number of urea groups is 2. The molecule has 0 bridgehead atoms. The largest absolute Gasteiger partial charge is 0.325 e. The van der Waals surface area contributed by atoms with Crippen LogP contribution in [0.5, 0.6) is 0 Å². The van der Waals surface area contributed by atoms with Crippen molar-refractivity contribution in [2.75, 3.05) is 47.8 Å². The molecule has 0 aromatic heterocycles. The van der Waals surface area contributed by atoms with Crippen molar-refractivity contribution >= 4 is 23.9 Å². The van der Waals surface area contributed by atoms with E-state index in [-0.39, 0.29) is 81.4 Å². The normalized spacial score (nSPS) is 29.4. The number of rotatable bonds is 14. The second-order valence-electron chi connectivity index (χ2n) is 26.7. The fourth-order valence-corrected chi connectivity index (χ4v) is 14.5. The summed E-state index contributed by atoms with van der Waals surface area (Å²) >= 11 is 0. The first-order valence-electron chi connectivity index (χ1n) is 27.2. The van der Waals surface area contributed by atoms with Crippen molar-refractivity contribution in [2.24, 2.45) is 5.92 Å². The number of unbranched alkanes of at least 4 members (excludes halogenated alkanes) is 9. The van der Waals surface area contributed by atoms with E-state index in [1.807, 2.05) is 19.6 Å². The van der Waals surface area contributed by atoms with Gasteiger partial charge in [0.05, 0.1) is 26.7 Å². The molecule has 0 spiro atoms. The maximum Gasteiger partial charge on any atom is 0.325 e. The van der Waals surface area contributed by atoms with E-state index in [9.17, 15) is 19.2 Å². The quantitative estimate of drug-likeness (QED) is 0.125. The van der Waals surface area contributed by atoms with E-state index < -0.39 is 0 Å².